The Labute approximate surface area is 157 Å². The Morgan fingerprint density at radius 1 is 0.920 bits per heavy atom. The van der Waals surface area contributed by atoms with E-state index < -0.39 is 0 Å². The van der Waals surface area contributed by atoms with Crippen LogP contribution in [0.25, 0.3) is 0 Å². The highest BCUT2D eigenvalue weighted by Crippen LogP contribution is 2.24. The molecule has 3 aromatic rings. The molecular weight excluding hydrogens is 374 g/mol. The molecule has 3 aromatic carbocycles. The van der Waals surface area contributed by atoms with Crippen molar-refractivity contribution in [1.82, 2.24) is 0 Å². The molecule has 0 aliphatic rings. The van der Waals surface area contributed by atoms with Crippen LogP contribution in [-0.2, 0) is 12.8 Å². The molecule has 126 valence electrons. The fourth-order valence-corrected chi connectivity index (χ4v) is 3.39. The van der Waals surface area contributed by atoms with Gasteiger partial charge in [-0.1, -0.05) is 54.6 Å². The van der Waals surface area contributed by atoms with Gasteiger partial charge >= 0.3 is 0 Å². The SMILES string of the molecule is Cc1ccc(NC(=O)c2ccccc2CCc2ccccc2)c(Br)c1. The molecule has 2 nitrogen and oxygen atoms in total. The van der Waals surface area contributed by atoms with E-state index in [0.717, 1.165) is 39.7 Å². The van der Waals surface area contributed by atoms with E-state index in [9.17, 15) is 4.79 Å². The molecule has 0 aliphatic heterocycles. The number of benzene rings is 3. The summed E-state index contributed by atoms with van der Waals surface area (Å²) in [4.78, 5) is 12.8. The van der Waals surface area contributed by atoms with Gasteiger partial charge in [0.2, 0.25) is 0 Å². The summed E-state index contributed by atoms with van der Waals surface area (Å²) in [5, 5.41) is 3.01. The number of rotatable bonds is 5. The lowest BCUT2D eigenvalue weighted by atomic mass is 9.99. The van der Waals surface area contributed by atoms with Crippen molar-refractivity contribution in [1.29, 1.82) is 0 Å². The predicted molar refractivity (Wildman–Crippen MR) is 107 cm³/mol. The lowest BCUT2D eigenvalue weighted by molar-refractivity contribution is 0.102. The van der Waals surface area contributed by atoms with Gasteiger partial charge in [0.1, 0.15) is 0 Å². The monoisotopic (exact) mass is 393 g/mol. The number of carbonyl (C=O) groups is 1. The molecule has 3 heteroatoms. The van der Waals surface area contributed by atoms with Crippen LogP contribution in [-0.4, -0.2) is 5.91 Å². The van der Waals surface area contributed by atoms with Gasteiger partial charge in [0.25, 0.3) is 5.91 Å². The predicted octanol–water partition coefficient (Wildman–Crippen LogP) is 5.80. The van der Waals surface area contributed by atoms with Crippen molar-refractivity contribution in [2.24, 2.45) is 0 Å². The molecule has 3 rings (SSSR count). The number of halogens is 1. The Hall–Kier alpha value is -2.39. The minimum atomic E-state index is -0.0757. The maximum atomic E-state index is 12.8. The Balaban J connectivity index is 1.76. The molecule has 0 bridgehead atoms. The standard InChI is InChI=1S/C22H20BrNO/c1-16-11-14-21(20(23)15-16)24-22(25)19-10-6-5-9-18(19)13-12-17-7-3-2-4-8-17/h2-11,14-15H,12-13H2,1H3,(H,24,25). The van der Waals surface area contributed by atoms with Crippen LogP contribution in [0.2, 0.25) is 0 Å². The quantitative estimate of drug-likeness (QED) is 0.583. The third-order valence-corrected chi connectivity index (χ3v) is 4.82. The highest BCUT2D eigenvalue weighted by atomic mass is 79.9. The second-order valence-corrected chi connectivity index (χ2v) is 6.93. The van der Waals surface area contributed by atoms with Gasteiger partial charge in [0, 0.05) is 10.0 Å². The van der Waals surface area contributed by atoms with Crippen molar-refractivity contribution in [3.63, 3.8) is 0 Å². The lowest BCUT2D eigenvalue weighted by Crippen LogP contribution is -2.15. The van der Waals surface area contributed by atoms with E-state index in [-0.39, 0.29) is 5.91 Å². The van der Waals surface area contributed by atoms with E-state index in [1.165, 1.54) is 5.56 Å². The topological polar surface area (TPSA) is 29.1 Å². The molecule has 0 fully saturated rings. The van der Waals surface area contributed by atoms with Gasteiger partial charge in [-0.2, -0.15) is 0 Å². The zero-order chi connectivity index (χ0) is 17.6. The molecule has 0 atom stereocenters. The van der Waals surface area contributed by atoms with Crippen LogP contribution < -0.4 is 5.32 Å². The van der Waals surface area contributed by atoms with Gasteiger partial charge in [-0.3, -0.25) is 4.79 Å². The van der Waals surface area contributed by atoms with Crippen LogP contribution in [0.1, 0.15) is 27.0 Å². The van der Waals surface area contributed by atoms with Crippen molar-refractivity contribution in [3.8, 4) is 0 Å². The van der Waals surface area contributed by atoms with Gasteiger partial charge in [-0.25, -0.2) is 0 Å². The van der Waals surface area contributed by atoms with E-state index in [2.05, 4.69) is 33.4 Å². The Morgan fingerprint density at radius 3 is 2.40 bits per heavy atom. The van der Waals surface area contributed by atoms with Crippen molar-refractivity contribution < 1.29 is 4.79 Å². The summed E-state index contributed by atoms with van der Waals surface area (Å²) in [5.74, 6) is -0.0757. The van der Waals surface area contributed by atoms with E-state index in [0.29, 0.717) is 0 Å². The number of carbonyl (C=O) groups excluding carboxylic acids is 1. The van der Waals surface area contributed by atoms with Gasteiger partial charge in [0.15, 0.2) is 0 Å². The van der Waals surface area contributed by atoms with Crippen molar-refractivity contribution in [2.45, 2.75) is 19.8 Å². The van der Waals surface area contributed by atoms with E-state index in [1.54, 1.807) is 0 Å². The zero-order valence-corrected chi connectivity index (χ0v) is 15.7. The number of amides is 1. The largest absolute Gasteiger partial charge is 0.321 e. The normalized spacial score (nSPS) is 10.5. The Bertz CT molecular complexity index is 874. The van der Waals surface area contributed by atoms with Crippen LogP contribution in [0.15, 0.2) is 77.3 Å². The van der Waals surface area contributed by atoms with Gasteiger partial charge < -0.3 is 5.32 Å². The van der Waals surface area contributed by atoms with E-state index in [4.69, 9.17) is 0 Å². The molecular formula is C22H20BrNO. The molecule has 0 saturated heterocycles. The molecule has 0 radical (unpaired) electrons. The molecule has 0 heterocycles. The van der Waals surface area contributed by atoms with Gasteiger partial charge in [0.05, 0.1) is 5.69 Å². The first-order valence-electron chi connectivity index (χ1n) is 8.33. The summed E-state index contributed by atoms with van der Waals surface area (Å²) >= 11 is 3.51. The molecule has 0 unspecified atom stereocenters. The summed E-state index contributed by atoms with van der Waals surface area (Å²) < 4.78 is 0.891. The van der Waals surface area contributed by atoms with Crippen LogP contribution in [0.5, 0.6) is 0 Å². The molecule has 25 heavy (non-hydrogen) atoms. The number of hydrogen-bond donors (Lipinski definition) is 1. The number of hydrogen-bond acceptors (Lipinski definition) is 1. The van der Waals surface area contributed by atoms with Crippen molar-refractivity contribution in [2.75, 3.05) is 5.32 Å². The van der Waals surface area contributed by atoms with Gasteiger partial charge in [-0.05, 0) is 70.6 Å². The summed E-state index contributed by atoms with van der Waals surface area (Å²) in [6.07, 6.45) is 1.75. The molecule has 0 aliphatic carbocycles. The number of aryl methyl sites for hydroxylation is 3. The third-order valence-electron chi connectivity index (χ3n) is 4.16. The molecule has 1 N–H and O–H groups in total. The first-order valence-corrected chi connectivity index (χ1v) is 9.12. The summed E-state index contributed by atoms with van der Waals surface area (Å²) in [7, 11) is 0. The second-order valence-electron chi connectivity index (χ2n) is 6.08. The first-order chi connectivity index (χ1) is 12.1. The maximum Gasteiger partial charge on any atom is 0.255 e. The highest BCUT2D eigenvalue weighted by molar-refractivity contribution is 9.10. The Kier molecular flexibility index (Phi) is 5.67. The minimum Gasteiger partial charge on any atom is -0.321 e. The zero-order valence-electron chi connectivity index (χ0n) is 14.1. The van der Waals surface area contributed by atoms with Crippen molar-refractivity contribution in [3.05, 3.63) is 99.5 Å². The molecule has 0 saturated carbocycles. The Morgan fingerprint density at radius 2 is 1.64 bits per heavy atom. The molecule has 0 aromatic heterocycles. The number of nitrogens with one attached hydrogen (secondary N) is 1. The van der Waals surface area contributed by atoms with E-state index in [1.807, 2.05) is 67.6 Å². The second kappa shape index (κ2) is 8.13. The molecule has 1 amide bonds. The summed E-state index contributed by atoms with van der Waals surface area (Å²) in [5.41, 5.74) is 5.00. The lowest BCUT2D eigenvalue weighted by Gasteiger charge is -2.12. The maximum absolute atomic E-state index is 12.8. The first kappa shape index (κ1) is 17.4. The smallest absolute Gasteiger partial charge is 0.255 e. The average molecular weight is 394 g/mol. The summed E-state index contributed by atoms with van der Waals surface area (Å²) in [6.45, 7) is 2.02. The average Bonchev–Trinajstić information content (AvgIpc) is 2.63. The van der Waals surface area contributed by atoms with Crippen molar-refractivity contribution >= 4 is 27.5 Å². The highest BCUT2D eigenvalue weighted by Gasteiger charge is 2.12. The fraction of sp³-hybridized carbons (Fsp3) is 0.136. The third kappa shape index (κ3) is 4.58. The van der Waals surface area contributed by atoms with Gasteiger partial charge in [-0.15, -0.1) is 0 Å². The number of anilines is 1. The van der Waals surface area contributed by atoms with Crippen LogP contribution >= 0.6 is 15.9 Å². The molecule has 0 spiro atoms. The minimum absolute atomic E-state index is 0.0757. The van der Waals surface area contributed by atoms with Crippen LogP contribution in [0, 0.1) is 6.92 Å². The summed E-state index contributed by atoms with van der Waals surface area (Å²) in [6, 6.07) is 24.1. The van der Waals surface area contributed by atoms with E-state index >= 15 is 0 Å². The van der Waals surface area contributed by atoms with Crippen LogP contribution in [0.3, 0.4) is 0 Å². The van der Waals surface area contributed by atoms with Crippen LogP contribution in [0.4, 0.5) is 5.69 Å². The fourth-order valence-electron chi connectivity index (χ4n) is 2.79.